The number of rotatable bonds is 4. The van der Waals surface area contributed by atoms with Gasteiger partial charge in [0.05, 0.1) is 23.8 Å². The smallest absolute Gasteiger partial charge is 0.234 e. The Bertz CT molecular complexity index is 1270. The molecular formula is C21H16N6O. The third-order valence-electron chi connectivity index (χ3n) is 4.60. The molecule has 0 aliphatic rings. The van der Waals surface area contributed by atoms with Crippen molar-refractivity contribution in [2.45, 2.75) is 6.42 Å². The number of nitrogens with one attached hydrogen (secondary N) is 2. The molecule has 5 aromatic rings. The van der Waals surface area contributed by atoms with E-state index in [1.54, 1.807) is 18.6 Å². The van der Waals surface area contributed by atoms with Crippen LogP contribution in [0.3, 0.4) is 0 Å². The Labute approximate surface area is 160 Å². The lowest BCUT2D eigenvalue weighted by Crippen LogP contribution is -2.14. The fraction of sp³-hybridized carbons (Fsp3) is 0.0476. The molecule has 0 radical (unpaired) electrons. The molecule has 7 heteroatoms. The standard InChI is InChI=1S/C21H16N6O/c28-20(10-15-11-24-18-12-22-7-5-17(15)18)25-16-4-1-3-14(9-16)19-13-27-8-2-6-23-21(27)26-19/h1-9,11-13,24H,10H2,(H,25,28). The Kier molecular flexibility index (Phi) is 3.83. The van der Waals surface area contributed by atoms with Gasteiger partial charge in [0.1, 0.15) is 0 Å². The quantitative estimate of drug-likeness (QED) is 0.508. The van der Waals surface area contributed by atoms with Gasteiger partial charge in [-0.15, -0.1) is 0 Å². The predicted octanol–water partition coefficient (Wildman–Crippen LogP) is 3.45. The molecule has 0 atom stereocenters. The van der Waals surface area contributed by atoms with Crippen LogP contribution in [-0.4, -0.2) is 30.2 Å². The number of carbonyl (C=O) groups excluding carboxylic acids is 1. The lowest BCUT2D eigenvalue weighted by Gasteiger charge is -2.06. The Morgan fingerprint density at radius 2 is 2.14 bits per heavy atom. The average molecular weight is 368 g/mol. The van der Waals surface area contributed by atoms with Crippen molar-refractivity contribution in [2.75, 3.05) is 5.32 Å². The zero-order valence-corrected chi connectivity index (χ0v) is 14.8. The monoisotopic (exact) mass is 368 g/mol. The highest BCUT2D eigenvalue weighted by Gasteiger charge is 2.10. The van der Waals surface area contributed by atoms with E-state index in [9.17, 15) is 4.79 Å². The largest absolute Gasteiger partial charge is 0.360 e. The van der Waals surface area contributed by atoms with Crippen LogP contribution in [0.1, 0.15) is 5.56 Å². The molecule has 0 bridgehead atoms. The maximum atomic E-state index is 12.5. The van der Waals surface area contributed by atoms with Crippen LogP contribution >= 0.6 is 0 Å². The first-order valence-corrected chi connectivity index (χ1v) is 8.86. The van der Waals surface area contributed by atoms with Crippen LogP contribution in [0.4, 0.5) is 5.69 Å². The summed E-state index contributed by atoms with van der Waals surface area (Å²) in [6, 6.07) is 11.4. The Hall–Kier alpha value is -4.00. The van der Waals surface area contributed by atoms with Crippen molar-refractivity contribution in [1.82, 2.24) is 24.3 Å². The molecule has 0 aliphatic heterocycles. The first-order valence-electron chi connectivity index (χ1n) is 8.86. The van der Waals surface area contributed by atoms with Gasteiger partial charge in [-0.05, 0) is 29.8 Å². The number of pyridine rings is 1. The van der Waals surface area contributed by atoms with Gasteiger partial charge in [0, 0.05) is 47.6 Å². The molecule has 2 N–H and O–H groups in total. The van der Waals surface area contributed by atoms with E-state index in [2.05, 4.69) is 25.3 Å². The number of imidazole rings is 1. The maximum Gasteiger partial charge on any atom is 0.234 e. The summed E-state index contributed by atoms with van der Waals surface area (Å²) in [5.41, 5.74) is 4.32. The summed E-state index contributed by atoms with van der Waals surface area (Å²) in [4.78, 5) is 28.5. The van der Waals surface area contributed by atoms with Crippen LogP contribution in [-0.2, 0) is 11.2 Å². The second-order valence-corrected chi connectivity index (χ2v) is 6.49. The molecule has 0 unspecified atom stereocenters. The minimum atomic E-state index is -0.0773. The average Bonchev–Trinajstić information content (AvgIpc) is 3.33. The molecule has 4 aromatic heterocycles. The third-order valence-corrected chi connectivity index (χ3v) is 4.60. The molecule has 0 aliphatic carbocycles. The van der Waals surface area contributed by atoms with E-state index < -0.39 is 0 Å². The fourth-order valence-corrected chi connectivity index (χ4v) is 3.28. The van der Waals surface area contributed by atoms with E-state index in [-0.39, 0.29) is 12.3 Å². The Morgan fingerprint density at radius 3 is 3.07 bits per heavy atom. The first-order chi connectivity index (χ1) is 13.8. The number of amides is 1. The molecule has 0 fully saturated rings. The summed E-state index contributed by atoms with van der Waals surface area (Å²) < 4.78 is 1.87. The predicted molar refractivity (Wildman–Crippen MR) is 107 cm³/mol. The number of aromatic amines is 1. The summed E-state index contributed by atoms with van der Waals surface area (Å²) >= 11 is 0. The van der Waals surface area contributed by atoms with E-state index >= 15 is 0 Å². The van der Waals surface area contributed by atoms with E-state index in [0.717, 1.165) is 33.4 Å². The molecule has 7 nitrogen and oxygen atoms in total. The van der Waals surface area contributed by atoms with Crippen LogP contribution < -0.4 is 5.32 Å². The molecule has 136 valence electrons. The molecule has 1 aromatic carbocycles. The number of fused-ring (bicyclic) bond motifs is 2. The normalized spacial score (nSPS) is 11.1. The minimum Gasteiger partial charge on any atom is -0.360 e. The van der Waals surface area contributed by atoms with Crippen molar-refractivity contribution < 1.29 is 4.79 Å². The van der Waals surface area contributed by atoms with Crippen molar-refractivity contribution in [3.8, 4) is 11.3 Å². The lowest BCUT2D eigenvalue weighted by atomic mass is 10.1. The van der Waals surface area contributed by atoms with Gasteiger partial charge >= 0.3 is 0 Å². The van der Waals surface area contributed by atoms with Gasteiger partial charge in [0.2, 0.25) is 11.7 Å². The van der Waals surface area contributed by atoms with Gasteiger partial charge in [-0.1, -0.05) is 12.1 Å². The zero-order chi connectivity index (χ0) is 18.9. The number of aromatic nitrogens is 5. The molecule has 4 heterocycles. The van der Waals surface area contributed by atoms with Crippen LogP contribution in [0.15, 0.2) is 73.6 Å². The maximum absolute atomic E-state index is 12.5. The van der Waals surface area contributed by atoms with Gasteiger partial charge in [-0.25, -0.2) is 9.97 Å². The second kappa shape index (κ2) is 6.62. The van der Waals surface area contributed by atoms with Crippen molar-refractivity contribution >= 4 is 28.3 Å². The van der Waals surface area contributed by atoms with E-state index in [4.69, 9.17) is 0 Å². The summed E-state index contributed by atoms with van der Waals surface area (Å²) in [5.74, 6) is 0.562. The summed E-state index contributed by atoms with van der Waals surface area (Å²) in [6.07, 6.45) is 11.2. The number of anilines is 1. The molecule has 0 saturated heterocycles. The highest BCUT2D eigenvalue weighted by molar-refractivity contribution is 5.96. The van der Waals surface area contributed by atoms with Gasteiger partial charge in [-0.2, -0.15) is 0 Å². The molecular weight excluding hydrogens is 352 g/mol. The number of hydrogen-bond donors (Lipinski definition) is 2. The van der Waals surface area contributed by atoms with Crippen LogP contribution in [0, 0.1) is 0 Å². The number of H-pyrrole nitrogens is 1. The summed E-state index contributed by atoms with van der Waals surface area (Å²) in [6.45, 7) is 0. The van der Waals surface area contributed by atoms with Crippen molar-refractivity contribution in [3.63, 3.8) is 0 Å². The van der Waals surface area contributed by atoms with Gasteiger partial charge in [0.25, 0.3) is 0 Å². The Balaban J connectivity index is 1.37. The highest BCUT2D eigenvalue weighted by atomic mass is 16.1. The van der Waals surface area contributed by atoms with E-state index in [1.165, 1.54) is 0 Å². The van der Waals surface area contributed by atoms with Crippen molar-refractivity contribution in [1.29, 1.82) is 0 Å². The van der Waals surface area contributed by atoms with Crippen LogP contribution in [0.5, 0.6) is 0 Å². The zero-order valence-electron chi connectivity index (χ0n) is 14.8. The first kappa shape index (κ1) is 16.2. The van der Waals surface area contributed by atoms with Crippen LogP contribution in [0.2, 0.25) is 0 Å². The summed E-state index contributed by atoms with van der Waals surface area (Å²) in [7, 11) is 0. The number of hydrogen-bond acceptors (Lipinski definition) is 4. The van der Waals surface area contributed by atoms with E-state index in [0.29, 0.717) is 5.78 Å². The number of benzene rings is 1. The van der Waals surface area contributed by atoms with Gasteiger partial charge < -0.3 is 10.3 Å². The molecule has 5 rings (SSSR count). The highest BCUT2D eigenvalue weighted by Crippen LogP contribution is 2.23. The van der Waals surface area contributed by atoms with Crippen molar-refractivity contribution in [2.24, 2.45) is 0 Å². The molecule has 28 heavy (non-hydrogen) atoms. The molecule has 0 spiro atoms. The molecule has 0 saturated carbocycles. The van der Waals surface area contributed by atoms with E-state index in [1.807, 2.05) is 59.4 Å². The Morgan fingerprint density at radius 1 is 1.18 bits per heavy atom. The van der Waals surface area contributed by atoms with Crippen LogP contribution in [0.25, 0.3) is 27.9 Å². The van der Waals surface area contributed by atoms with Gasteiger partial charge in [-0.3, -0.25) is 14.2 Å². The topological polar surface area (TPSA) is 88.0 Å². The minimum absolute atomic E-state index is 0.0773. The fourth-order valence-electron chi connectivity index (χ4n) is 3.28. The van der Waals surface area contributed by atoms with Gasteiger partial charge in [0.15, 0.2) is 0 Å². The number of carbonyl (C=O) groups is 1. The third kappa shape index (κ3) is 2.99. The van der Waals surface area contributed by atoms with Crippen molar-refractivity contribution in [3.05, 3.63) is 79.1 Å². The molecule has 1 amide bonds. The number of nitrogens with zero attached hydrogens (tertiary/aromatic N) is 4. The SMILES string of the molecule is O=C(Cc1c[nH]c2cnccc12)Nc1cccc(-c2cn3cccnc3n2)c1. The second-order valence-electron chi connectivity index (χ2n) is 6.49. The lowest BCUT2D eigenvalue weighted by molar-refractivity contribution is -0.115. The summed E-state index contributed by atoms with van der Waals surface area (Å²) in [5, 5.41) is 3.98.